The fraction of sp³-hybridized carbons (Fsp3) is 0. The van der Waals surface area contributed by atoms with Crippen molar-refractivity contribution >= 4 is 22.8 Å². The lowest BCUT2D eigenvalue weighted by atomic mass is 10.1. The third-order valence-electron chi connectivity index (χ3n) is 4.67. The van der Waals surface area contributed by atoms with E-state index in [4.69, 9.17) is 4.98 Å². The number of hydrogen-bond donors (Lipinski definition) is 1. The average Bonchev–Trinajstić information content (AvgIpc) is 3.32. The van der Waals surface area contributed by atoms with Crippen LogP contribution in [0, 0.1) is 5.82 Å². The summed E-state index contributed by atoms with van der Waals surface area (Å²) in [5, 5.41) is 14.8. The number of thiazole rings is 1. The van der Waals surface area contributed by atoms with E-state index in [1.807, 2.05) is 53.9 Å². The monoisotopic (exact) mass is 425 g/mol. The molecule has 0 aliphatic carbocycles. The molecule has 7 heteroatoms. The molecule has 2 aromatic carbocycles. The third-order valence-corrected chi connectivity index (χ3v) is 5.56. The number of hydrogen-bond acceptors (Lipinski definition) is 6. The van der Waals surface area contributed by atoms with Gasteiger partial charge in [0.15, 0.2) is 5.82 Å². The summed E-state index contributed by atoms with van der Waals surface area (Å²) in [5.74, 6) is 0.349. The van der Waals surface area contributed by atoms with Crippen molar-refractivity contribution in [2.45, 2.75) is 0 Å². The van der Waals surface area contributed by atoms with Gasteiger partial charge in [-0.15, -0.1) is 21.5 Å². The summed E-state index contributed by atoms with van der Waals surface area (Å²) in [5.41, 5.74) is 5.37. The summed E-state index contributed by atoms with van der Waals surface area (Å²) in [6.07, 6.45) is 3.53. The molecule has 0 saturated heterocycles. The van der Waals surface area contributed by atoms with E-state index in [9.17, 15) is 4.39 Å². The smallest absolute Gasteiger partial charge is 0.153 e. The maximum Gasteiger partial charge on any atom is 0.153 e. The summed E-state index contributed by atoms with van der Waals surface area (Å²) in [6.45, 7) is 0. The molecule has 0 spiro atoms. The van der Waals surface area contributed by atoms with Gasteiger partial charge in [-0.1, -0.05) is 12.1 Å². The van der Waals surface area contributed by atoms with Crippen LogP contribution in [-0.4, -0.2) is 20.2 Å². The summed E-state index contributed by atoms with van der Waals surface area (Å²) in [4.78, 5) is 8.81. The number of aromatic nitrogens is 4. The van der Waals surface area contributed by atoms with Crippen LogP contribution in [0.5, 0.6) is 0 Å². The first-order chi connectivity index (χ1) is 15.2. The third kappa shape index (κ3) is 4.31. The van der Waals surface area contributed by atoms with E-state index in [1.165, 1.54) is 12.1 Å². The molecule has 5 nitrogen and oxygen atoms in total. The van der Waals surface area contributed by atoms with Gasteiger partial charge in [0, 0.05) is 40.2 Å². The van der Waals surface area contributed by atoms with Gasteiger partial charge in [0.25, 0.3) is 0 Å². The van der Waals surface area contributed by atoms with Gasteiger partial charge in [-0.3, -0.25) is 4.98 Å². The van der Waals surface area contributed by atoms with Gasteiger partial charge in [-0.2, -0.15) is 0 Å². The Kier molecular flexibility index (Phi) is 5.16. The molecule has 5 rings (SSSR count). The lowest BCUT2D eigenvalue weighted by Gasteiger charge is -2.07. The zero-order chi connectivity index (χ0) is 21.0. The highest BCUT2D eigenvalue weighted by Crippen LogP contribution is 2.30. The molecular weight excluding hydrogens is 409 g/mol. The molecule has 0 atom stereocenters. The van der Waals surface area contributed by atoms with Crippen molar-refractivity contribution in [3.63, 3.8) is 0 Å². The molecule has 31 heavy (non-hydrogen) atoms. The minimum Gasteiger partial charge on any atom is -0.339 e. The Morgan fingerprint density at radius 2 is 1.58 bits per heavy atom. The SMILES string of the molecule is Fc1ccc(-c2ccc(Nc3cccc(-c4csc(-c5ccncc5)n4)c3)nn2)cc1. The zero-order valence-electron chi connectivity index (χ0n) is 16.2. The summed E-state index contributed by atoms with van der Waals surface area (Å²) in [7, 11) is 0. The Hall–Kier alpha value is -3.97. The first kappa shape index (κ1) is 19.0. The molecule has 0 unspecified atom stereocenters. The first-order valence-corrected chi connectivity index (χ1v) is 10.5. The topological polar surface area (TPSA) is 63.6 Å². The maximum absolute atomic E-state index is 13.1. The molecule has 0 aliphatic heterocycles. The van der Waals surface area contributed by atoms with Crippen LogP contribution in [0.3, 0.4) is 0 Å². The number of benzene rings is 2. The van der Waals surface area contributed by atoms with Crippen molar-refractivity contribution in [1.82, 2.24) is 20.2 Å². The van der Waals surface area contributed by atoms with Crippen LogP contribution in [0.15, 0.2) is 90.6 Å². The van der Waals surface area contributed by atoms with E-state index < -0.39 is 0 Å². The van der Waals surface area contributed by atoms with Crippen LogP contribution in [-0.2, 0) is 0 Å². The number of anilines is 2. The molecule has 0 bridgehead atoms. The quantitative estimate of drug-likeness (QED) is 0.363. The van der Waals surface area contributed by atoms with Crippen molar-refractivity contribution in [1.29, 1.82) is 0 Å². The first-order valence-electron chi connectivity index (χ1n) is 9.58. The lowest BCUT2D eigenvalue weighted by molar-refractivity contribution is 0.628. The van der Waals surface area contributed by atoms with Crippen molar-refractivity contribution < 1.29 is 4.39 Å². The Bertz CT molecular complexity index is 1300. The highest BCUT2D eigenvalue weighted by atomic mass is 32.1. The number of nitrogens with zero attached hydrogens (tertiary/aromatic N) is 4. The minimum absolute atomic E-state index is 0.275. The summed E-state index contributed by atoms with van der Waals surface area (Å²) >= 11 is 1.60. The molecule has 0 radical (unpaired) electrons. The second kappa shape index (κ2) is 8.41. The van der Waals surface area contributed by atoms with Gasteiger partial charge in [-0.25, -0.2) is 9.37 Å². The van der Waals surface area contributed by atoms with E-state index in [0.29, 0.717) is 11.5 Å². The molecular formula is C24H16FN5S. The molecule has 1 N–H and O–H groups in total. The van der Waals surface area contributed by atoms with Crippen LogP contribution < -0.4 is 5.32 Å². The van der Waals surface area contributed by atoms with E-state index in [1.54, 1.807) is 35.9 Å². The second-order valence-corrected chi connectivity index (χ2v) is 7.65. The van der Waals surface area contributed by atoms with E-state index in [0.717, 1.165) is 33.1 Å². The Balaban J connectivity index is 1.34. The van der Waals surface area contributed by atoms with E-state index in [2.05, 4.69) is 20.5 Å². The minimum atomic E-state index is -0.275. The number of halogens is 1. The molecule has 3 heterocycles. The normalized spacial score (nSPS) is 10.7. The van der Waals surface area contributed by atoms with Crippen LogP contribution in [0.25, 0.3) is 33.1 Å². The largest absolute Gasteiger partial charge is 0.339 e. The van der Waals surface area contributed by atoms with Gasteiger partial charge in [0.05, 0.1) is 11.4 Å². The average molecular weight is 425 g/mol. The molecule has 150 valence electrons. The summed E-state index contributed by atoms with van der Waals surface area (Å²) in [6, 6.07) is 21.8. The van der Waals surface area contributed by atoms with Crippen LogP contribution in [0.4, 0.5) is 15.9 Å². The molecule has 0 aliphatic rings. The number of pyridine rings is 1. The van der Waals surface area contributed by atoms with Crippen molar-refractivity contribution in [3.8, 4) is 33.1 Å². The predicted octanol–water partition coefficient (Wildman–Crippen LogP) is 6.21. The van der Waals surface area contributed by atoms with E-state index >= 15 is 0 Å². The maximum atomic E-state index is 13.1. The van der Waals surface area contributed by atoms with Gasteiger partial charge >= 0.3 is 0 Å². The number of nitrogens with one attached hydrogen (secondary N) is 1. The Morgan fingerprint density at radius 3 is 2.35 bits per heavy atom. The molecule has 5 aromatic rings. The van der Waals surface area contributed by atoms with Gasteiger partial charge in [0.1, 0.15) is 10.8 Å². The Labute approximate surface area is 182 Å². The fourth-order valence-corrected chi connectivity index (χ4v) is 3.95. The van der Waals surface area contributed by atoms with Crippen LogP contribution >= 0.6 is 11.3 Å². The number of rotatable bonds is 5. The van der Waals surface area contributed by atoms with Gasteiger partial charge in [-0.05, 0) is 60.7 Å². The van der Waals surface area contributed by atoms with Gasteiger partial charge in [0.2, 0.25) is 0 Å². The van der Waals surface area contributed by atoms with Gasteiger partial charge < -0.3 is 5.32 Å². The van der Waals surface area contributed by atoms with Crippen molar-refractivity contribution in [2.75, 3.05) is 5.32 Å². The highest BCUT2D eigenvalue weighted by molar-refractivity contribution is 7.13. The van der Waals surface area contributed by atoms with Crippen molar-refractivity contribution in [2.24, 2.45) is 0 Å². The van der Waals surface area contributed by atoms with Crippen molar-refractivity contribution in [3.05, 3.63) is 96.4 Å². The molecule has 0 amide bonds. The second-order valence-electron chi connectivity index (χ2n) is 6.79. The summed E-state index contributed by atoms with van der Waals surface area (Å²) < 4.78 is 13.1. The molecule has 0 fully saturated rings. The Morgan fingerprint density at radius 1 is 0.742 bits per heavy atom. The van der Waals surface area contributed by atoms with Crippen LogP contribution in [0.2, 0.25) is 0 Å². The fourth-order valence-electron chi connectivity index (χ4n) is 3.11. The zero-order valence-corrected chi connectivity index (χ0v) is 17.1. The molecule has 0 saturated carbocycles. The lowest BCUT2D eigenvalue weighted by Crippen LogP contribution is -1.96. The predicted molar refractivity (Wildman–Crippen MR) is 121 cm³/mol. The van der Waals surface area contributed by atoms with E-state index in [-0.39, 0.29) is 5.82 Å². The highest BCUT2D eigenvalue weighted by Gasteiger charge is 2.08. The van der Waals surface area contributed by atoms with Crippen LogP contribution in [0.1, 0.15) is 0 Å². The standard InChI is InChI=1S/C24H16FN5S/c25-19-6-4-16(5-7-19)21-8-9-23(30-29-21)27-20-3-1-2-18(14-20)22-15-31-24(28-22)17-10-12-26-13-11-17/h1-15H,(H,27,30). The molecule has 3 aromatic heterocycles.